The fourth-order valence-electron chi connectivity index (χ4n) is 2.92. The molecule has 0 aliphatic carbocycles. The number of aromatic nitrogens is 1. The number of anilines is 2. The number of carbonyl (C=O) groups is 1. The van der Waals surface area contributed by atoms with Crippen molar-refractivity contribution in [1.82, 2.24) is 4.98 Å². The van der Waals surface area contributed by atoms with Gasteiger partial charge in [0.15, 0.2) is 0 Å². The van der Waals surface area contributed by atoms with Gasteiger partial charge in [-0.2, -0.15) is 0 Å². The van der Waals surface area contributed by atoms with Crippen molar-refractivity contribution >= 4 is 34.8 Å². The molecular weight excluding hydrogens is 388 g/mol. The predicted molar refractivity (Wildman–Crippen MR) is 114 cm³/mol. The summed E-state index contributed by atoms with van der Waals surface area (Å²) in [5, 5.41) is 0. The van der Waals surface area contributed by atoms with Crippen molar-refractivity contribution < 1.29 is 18.3 Å². The van der Waals surface area contributed by atoms with Crippen molar-refractivity contribution in [2.24, 2.45) is 0 Å². The number of rotatable bonds is 7. The van der Waals surface area contributed by atoms with Gasteiger partial charge in [-0.1, -0.05) is 55.1 Å². The van der Waals surface area contributed by atoms with E-state index >= 15 is 0 Å². The van der Waals surface area contributed by atoms with E-state index in [1.165, 1.54) is 6.20 Å². The lowest BCUT2D eigenvalue weighted by Crippen LogP contribution is -2.24. The van der Waals surface area contributed by atoms with Crippen molar-refractivity contribution in [2.75, 3.05) is 4.31 Å². The van der Waals surface area contributed by atoms with Gasteiger partial charge in [0, 0.05) is 6.20 Å². The van der Waals surface area contributed by atoms with Crippen molar-refractivity contribution in [3.05, 3.63) is 95.7 Å². The summed E-state index contributed by atoms with van der Waals surface area (Å²) in [5.41, 5.74) is 2.58. The van der Waals surface area contributed by atoms with E-state index in [1.807, 2.05) is 30.3 Å². The van der Waals surface area contributed by atoms with Crippen LogP contribution < -0.4 is 4.31 Å². The van der Waals surface area contributed by atoms with Crippen LogP contribution in [0.4, 0.5) is 11.5 Å². The molecule has 0 aliphatic rings. The summed E-state index contributed by atoms with van der Waals surface area (Å²) in [6.45, 7) is 5.60. The van der Waals surface area contributed by atoms with Crippen molar-refractivity contribution in [3.8, 4) is 0 Å². The van der Waals surface area contributed by atoms with Crippen molar-refractivity contribution in [3.63, 3.8) is 0 Å². The molecule has 3 rings (SSSR count). The number of benzene rings is 2. The molecule has 1 heterocycles. The number of ether oxygens (including phenoxy) is 1. The third-order valence-corrected chi connectivity index (χ3v) is 5.05. The van der Waals surface area contributed by atoms with Gasteiger partial charge in [0.25, 0.3) is 11.3 Å². The fourth-order valence-corrected chi connectivity index (χ4v) is 3.51. The van der Waals surface area contributed by atoms with Crippen LogP contribution in [0.15, 0.2) is 73.4 Å². The molecule has 2 aromatic carbocycles. The van der Waals surface area contributed by atoms with E-state index in [0.29, 0.717) is 5.56 Å². The Balaban J connectivity index is 2.05. The van der Waals surface area contributed by atoms with E-state index in [2.05, 4.69) is 11.6 Å². The molecule has 0 saturated carbocycles. The van der Waals surface area contributed by atoms with Crippen molar-refractivity contribution in [2.45, 2.75) is 13.5 Å². The van der Waals surface area contributed by atoms with Crippen LogP contribution in [-0.4, -0.2) is 19.7 Å². The van der Waals surface area contributed by atoms with Gasteiger partial charge in [-0.05, 0) is 41.8 Å². The minimum absolute atomic E-state index is 0.0860. The SMILES string of the molecule is C=Cc1ccc(N(c2ccccn2)S(=O)O)c(C(=O)OCc2ccccc2)c1C. The van der Waals surface area contributed by atoms with Crippen LogP contribution in [0.3, 0.4) is 0 Å². The number of esters is 1. The number of hydrogen-bond donors (Lipinski definition) is 1. The molecule has 0 amide bonds. The lowest BCUT2D eigenvalue weighted by molar-refractivity contribution is 0.0473. The first-order valence-electron chi connectivity index (χ1n) is 8.82. The van der Waals surface area contributed by atoms with Gasteiger partial charge in [0.05, 0.1) is 11.3 Å². The standard InChI is InChI=1S/C22H20N2O4S/c1-3-18-12-13-19(24(29(26)27)20-11-7-8-14-23-20)21(16(18)2)22(25)28-15-17-9-5-4-6-10-17/h3-14H,1,15H2,2H3,(H,26,27). The van der Waals surface area contributed by atoms with E-state index in [0.717, 1.165) is 15.4 Å². The van der Waals surface area contributed by atoms with Crippen LogP contribution in [0.25, 0.3) is 6.08 Å². The summed E-state index contributed by atoms with van der Waals surface area (Å²) in [7, 11) is 0. The number of hydrogen-bond acceptors (Lipinski definition) is 4. The third kappa shape index (κ3) is 4.59. The molecule has 0 bridgehead atoms. The van der Waals surface area contributed by atoms with Crippen LogP contribution in [0.5, 0.6) is 0 Å². The molecule has 1 aromatic heterocycles. The van der Waals surface area contributed by atoms with Crippen LogP contribution in [0.1, 0.15) is 27.0 Å². The molecule has 0 radical (unpaired) electrons. The zero-order chi connectivity index (χ0) is 20.8. The quantitative estimate of drug-likeness (QED) is 0.454. The molecule has 7 heteroatoms. The van der Waals surface area contributed by atoms with Crippen LogP contribution in [-0.2, 0) is 22.6 Å². The molecule has 1 atom stereocenters. The third-order valence-electron chi connectivity index (χ3n) is 4.35. The molecule has 29 heavy (non-hydrogen) atoms. The molecule has 0 fully saturated rings. The van der Waals surface area contributed by atoms with Gasteiger partial charge in [-0.25, -0.2) is 18.3 Å². The van der Waals surface area contributed by atoms with Gasteiger partial charge in [-0.3, -0.25) is 4.55 Å². The fraction of sp³-hybridized carbons (Fsp3) is 0.0909. The first kappa shape index (κ1) is 20.4. The van der Waals surface area contributed by atoms with E-state index in [1.54, 1.807) is 43.3 Å². The second-order valence-electron chi connectivity index (χ2n) is 6.15. The molecule has 0 aliphatic heterocycles. The van der Waals surface area contributed by atoms with Crippen LogP contribution in [0.2, 0.25) is 0 Å². The molecule has 0 spiro atoms. The van der Waals surface area contributed by atoms with Gasteiger partial charge in [-0.15, -0.1) is 0 Å². The maximum Gasteiger partial charge on any atom is 0.340 e. The zero-order valence-electron chi connectivity index (χ0n) is 15.8. The maximum atomic E-state index is 13.0. The first-order valence-corrected chi connectivity index (χ1v) is 9.88. The van der Waals surface area contributed by atoms with Gasteiger partial charge in [0.2, 0.25) is 0 Å². The summed E-state index contributed by atoms with van der Waals surface area (Å²) >= 11 is -2.45. The Bertz CT molecular complexity index is 1040. The summed E-state index contributed by atoms with van der Waals surface area (Å²) in [4.78, 5) is 17.1. The molecule has 6 nitrogen and oxygen atoms in total. The average molecular weight is 408 g/mol. The predicted octanol–water partition coefficient (Wildman–Crippen LogP) is 4.66. The minimum atomic E-state index is -2.45. The highest BCUT2D eigenvalue weighted by Gasteiger charge is 2.26. The molecule has 3 aromatic rings. The van der Waals surface area contributed by atoms with E-state index < -0.39 is 17.2 Å². The van der Waals surface area contributed by atoms with Crippen LogP contribution >= 0.6 is 0 Å². The summed E-state index contributed by atoms with van der Waals surface area (Å²) in [6.07, 6.45) is 3.13. The lowest BCUT2D eigenvalue weighted by Gasteiger charge is -2.23. The van der Waals surface area contributed by atoms with Gasteiger partial charge < -0.3 is 4.74 Å². The molecular formula is C22H20N2O4S. The Labute approximate surface area is 171 Å². The maximum absolute atomic E-state index is 13.0. The Hall–Kier alpha value is -3.29. The van der Waals surface area contributed by atoms with E-state index in [-0.39, 0.29) is 23.7 Å². The summed E-state index contributed by atoms with van der Waals surface area (Å²) in [5.74, 6) is -0.368. The molecule has 0 saturated heterocycles. The molecule has 1 N–H and O–H groups in total. The molecule has 148 valence electrons. The highest BCUT2D eigenvalue weighted by Crippen LogP contribution is 2.33. The van der Waals surface area contributed by atoms with E-state index in [4.69, 9.17) is 4.74 Å². The smallest absolute Gasteiger partial charge is 0.340 e. The Morgan fingerprint density at radius 2 is 1.90 bits per heavy atom. The Morgan fingerprint density at radius 3 is 2.52 bits per heavy atom. The van der Waals surface area contributed by atoms with E-state index in [9.17, 15) is 13.6 Å². The second-order valence-corrected chi connectivity index (χ2v) is 6.98. The minimum Gasteiger partial charge on any atom is -0.457 e. The monoisotopic (exact) mass is 408 g/mol. The second kappa shape index (κ2) is 9.27. The normalized spacial score (nSPS) is 11.5. The van der Waals surface area contributed by atoms with Crippen LogP contribution in [0, 0.1) is 6.92 Å². The Morgan fingerprint density at radius 1 is 1.17 bits per heavy atom. The zero-order valence-corrected chi connectivity index (χ0v) is 16.6. The topological polar surface area (TPSA) is 79.7 Å². The van der Waals surface area contributed by atoms with Gasteiger partial charge >= 0.3 is 5.97 Å². The van der Waals surface area contributed by atoms with Gasteiger partial charge in [0.1, 0.15) is 12.4 Å². The largest absolute Gasteiger partial charge is 0.457 e. The summed E-state index contributed by atoms with van der Waals surface area (Å²) in [6, 6.07) is 17.6. The highest BCUT2D eigenvalue weighted by molar-refractivity contribution is 7.81. The highest BCUT2D eigenvalue weighted by atomic mass is 32.2. The number of nitrogens with zero attached hydrogens (tertiary/aromatic N) is 2. The lowest BCUT2D eigenvalue weighted by atomic mass is 10.00. The number of pyridine rings is 1. The van der Waals surface area contributed by atoms with Crippen molar-refractivity contribution in [1.29, 1.82) is 0 Å². The Kier molecular flexibility index (Phi) is 6.54. The summed E-state index contributed by atoms with van der Waals surface area (Å²) < 4.78 is 28.7. The average Bonchev–Trinajstić information content (AvgIpc) is 2.74. The number of carbonyl (C=O) groups excluding carboxylic acids is 1. The first-order chi connectivity index (χ1) is 14.0. The molecule has 1 unspecified atom stereocenters.